The van der Waals surface area contributed by atoms with Gasteiger partial charge in [0.05, 0.1) is 12.7 Å². The minimum Gasteiger partial charge on any atom is -0.375 e. The van der Waals surface area contributed by atoms with Crippen LogP contribution in [-0.2, 0) is 9.53 Å². The summed E-state index contributed by atoms with van der Waals surface area (Å²) in [6, 6.07) is 0. The number of nitrogens with two attached hydrogens (primary N) is 1. The Hall–Kier alpha value is -1.30. The number of guanidine groups is 1. The van der Waals surface area contributed by atoms with Crippen LogP contribution in [0.25, 0.3) is 0 Å². The van der Waals surface area contributed by atoms with Crippen molar-refractivity contribution in [2.75, 3.05) is 32.8 Å². The molecule has 6 nitrogen and oxygen atoms in total. The lowest BCUT2D eigenvalue weighted by Crippen LogP contribution is -2.48. The predicted molar refractivity (Wildman–Crippen MR) is 66.8 cm³/mol. The molecule has 3 N–H and O–H groups in total. The molecule has 0 aromatic heterocycles. The lowest BCUT2D eigenvalue weighted by molar-refractivity contribution is -0.119. The Bertz CT molecular complexity index is 281. The van der Waals surface area contributed by atoms with Crippen LogP contribution in [0, 0.1) is 0 Å². The van der Waals surface area contributed by atoms with E-state index >= 15 is 0 Å². The highest BCUT2D eigenvalue weighted by Crippen LogP contribution is 2.03. The third-order valence-electron chi connectivity index (χ3n) is 2.52. The fourth-order valence-electron chi connectivity index (χ4n) is 1.60. The van der Waals surface area contributed by atoms with Crippen LogP contribution in [0.5, 0.6) is 0 Å². The number of rotatable bonds is 4. The Kier molecular flexibility index (Phi) is 5.76. The molecule has 1 atom stereocenters. The second-order valence-corrected chi connectivity index (χ2v) is 4.15. The number of hydrogen-bond donors (Lipinski definition) is 2. The number of aliphatic imine (C=N–C) groups is 1. The third-order valence-corrected chi connectivity index (χ3v) is 2.52. The second-order valence-electron chi connectivity index (χ2n) is 4.15. The summed E-state index contributed by atoms with van der Waals surface area (Å²) in [5, 5.41) is 2.75. The summed E-state index contributed by atoms with van der Waals surface area (Å²) < 4.78 is 5.41. The molecular weight excluding hydrogens is 220 g/mol. The first-order valence-corrected chi connectivity index (χ1v) is 6.06. The van der Waals surface area contributed by atoms with Crippen molar-refractivity contribution in [3.05, 3.63) is 0 Å². The van der Waals surface area contributed by atoms with Crippen LogP contribution in [0.3, 0.4) is 0 Å². The molecule has 0 bridgehead atoms. The van der Waals surface area contributed by atoms with E-state index in [0.717, 1.165) is 19.5 Å². The fraction of sp³-hybridized carbons (Fsp3) is 0.818. The molecule has 0 aliphatic carbocycles. The van der Waals surface area contributed by atoms with Crippen molar-refractivity contribution in [2.24, 2.45) is 10.7 Å². The Morgan fingerprint density at radius 1 is 1.65 bits per heavy atom. The molecule has 0 spiro atoms. The van der Waals surface area contributed by atoms with E-state index in [1.165, 1.54) is 0 Å². The van der Waals surface area contributed by atoms with Crippen molar-refractivity contribution in [3.8, 4) is 0 Å². The van der Waals surface area contributed by atoms with Crippen molar-refractivity contribution in [1.82, 2.24) is 10.2 Å². The van der Waals surface area contributed by atoms with Gasteiger partial charge in [0.25, 0.3) is 0 Å². The highest BCUT2D eigenvalue weighted by molar-refractivity contribution is 5.84. The topological polar surface area (TPSA) is 80.0 Å². The van der Waals surface area contributed by atoms with Crippen LogP contribution in [0.1, 0.15) is 20.3 Å². The Morgan fingerprint density at radius 2 is 2.41 bits per heavy atom. The van der Waals surface area contributed by atoms with Gasteiger partial charge in [0.15, 0.2) is 5.96 Å². The van der Waals surface area contributed by atoms with Gasteiger partial charge >= 0.3 is 0 Å². The van der Waals surface area contributed by atoms with Gasteiger partial charge in [-0.1, -0.05) is 6.92 Å². The van der Waals surface area contributed by atoms with Gasteiger partial charge in [0.2, 0.25) is 5.91 Å². The maximum absolute atomic E-state index is 11.3. The lowest BCUT2D eigenvalue weighted by atomic mass is 10.3. The quantitative estimate of drug-likeness (QED) is 0.517. The number of morpholine rings is 1. The first kappa shape index (κ1) is 13.8. The number of nitrogens with zero attached hydrogens (tertiary/aromatic N) is 2. The third kappa shape index (κ3) is 5.04. The van der Waals surface area contributed by atoms with Crippen LogP contribution in [-0.4, -0.2) is 55.7 Å². The molecule has 1 rings (SSSR count). The minimum atomic E-state index is -0.0869. The number of hydrogen-bond acceptors (Lipinski definition) is 3. The lowest BCUT2D eigenvalue weighted by Gasteiger charge is -2.31. The van der Waals surface area contributed by atoms with Gasteiger partial charge < -0.3 is 20.7 Å². The zero-order valence-electron chi connectivity index (χ0n) is 10.6. The number of ether oxygens (including phenoxy) is 1. The summed E-state index contributed by atoms with van der Waals surface area (Å²) in [7, 11) is 0. The molecule has 1 aliphatic heterocycles. The van der Waals surface area contributed by atoms with Gasteiger partial charge in [-0.3, -0.25) is 4.79 Å². The normalized spacial score (nSPS) is 21.4. The van der Waals surface area contributed by atoms with E-state index in [0.29, 0.717) is 19.1 Å². The fourth-order valence-corrected chi connectivity index (χ4v) is 1.60. The van der Waals surface area contributed by atoms with Crippen LogP contribution in [0.2, 0.25) is 0 Å². The maximum atomic E-state index is 11.3. The van der Waals surface area contributed by atoms with Crippen LogP contribution in [0.15, 0.2) is 4.99 Å². The predicted octanol–water partition coefficient (Wildman–Crippen LogP) is -0.452. The summed E-state index contributed by atoms with van der Waals surface area (Å²) in [6.45, 7) is 6.89. The summed E-state index contributed by atoms with van der Waals surface area (Å²) in [5.41, 5.74) is 5.83. The molecule has 0 aromatic carbocycles. The highest BCUT2D eigenvalue weighted by Gasteiger charge is 2.18. The number of carbonyl (C=O) groups excluding carboxylic acids is 1. The summed E-state index contributed by atoms with van der Waals surface area (Å²) in [6.07, 6.45) is 1.08. The zero-order valence-corrected chi connectivity index (χ0v) is 10.6. The molecule has 1 amide bonds. The molecule has 0 radical (unpaired) electrons. The average molecular weight is 242 g/mol. The van der Waals surface area contributed by atoms with Crippen molar-refractivity contribution < 1.29 is 9.53 Å². The van der Waals surface area contributed by atoms with Gasteiger partial charge in [-0.05, 0) is 13.3 Å². The minimum absolute atomic E-state index is 0.0869. The maximum Gasteiger partial charge on any atom is 0.241 e. The number of nitrogens with one attached hydrogen (secondary N) is 1. The first-order chi connectivity index (χ1) is 8.13. The SMILES string of the molecule is CCCNC(=O)CN=C(N)N1CCOC(C)C1. The molecule has 0 aromatic rings. The molecule has 1 fully saturated rings. The van der Waals surface area contributed by atoms with Crippen molar-refractivity contribution in [1.29, 1.82) is 0 Å². The molecule has 1 heterocycles. The smallest absolute Gasteiger partial charge is 0.241 e. The van der Waals surface area contributed by atoms with Gasteiger partial charge in [0.1, 0.15) is 6.54 Å². The van der Waals surface area contributed by atoms with E-state index in [-0.39, 0.29) is 18.6 Å². The summed E-state index contributed by atoms with van der Waals surface area (Å²) in [5.74, 6) is 0.336. The Balaban J connectivity index is 2.35. The number of amides is 1. The van der Waals surface area contributed by atoms with E-state index in [1.54, 1.807) is 0 Å². The van der Waals surface area contributed by atoms with Crippen LogP contribution in [0.4, 0.5) is 0 Å². The van der Waals surface area contributed by atoms with Gasteiger partial charge in [-0.2, -0.15) is 0 Å². The van der Waals surface area contributed by atoms with Crippen LogP contribution < -0.4 is 11.1 Å². The molecule has 1 aliphatic rings. The second kappa shape index (κ2) is 7.11. The van der Waals surface area contributed by atoms with E-state index < -0.39 is 0 Å². The van der Waals surface area contributed by atoms with E-state index in [4.69, 9.17) is 10.5 Å². The van der Waals surface area contributed by atoms with E-state index in [2.05, 4.69) is 10.3 Å². The molecule has 6 heteroatoms. The Morgan fingerprint density at radius 3 is 3.06 bits per heavy atom. The molecule has 98 valence electrons. The van der Waals surface area contributed by atoms with E-state index in [9.17, 15) is 4.79 Å². The largest absolute Gasteiger partial charge is 0.375 e. The molecule has 1 saturated heterocycles. The monoisotopic (exact) mass is 242 g/mol. The first-order valence-electron chi connectivity index (χ1n) is 6.06. The molecule has 17 heavy (non-hydrogen) atoms. The molecule has 1 unspecified atom stereocenters. The van der Waals surface area contributed by atoms with E-state index in [1.807, 2.05) is 18.7 Å². The number of carbonyl (C=O) groups is 1. The van der Waals surface area contributed by atoms with Crippen molar-refractivity contribution in [2.45, 2.75) is 26.4 Å². The molecule has 0 saturated carbocycles. The summed E-state index contributed by atoms with van der Waals surface area (Å²) >= 11 is 0. The van der Waals surface area contributed by atoms with Crippen molar-refractivity contribution >= 4 is 11.9 Å². The highest BCUT2D eigenvalue weighted by atomic mass is 16.5. The Labute approximate surface area is 102 Å². The van der Waals surface area contributed by atoms with Gasteiger partial charge in [0, 0.05) is 19.6 Å². The average Bonchev–Trinajstić information content (AvgIpc) is 2.33. The molecular formula is C11H22N4O2. The van der Waals surface area contributed by atoms with Gasteiger partial charge in [-0.25, -0.2) is 4.99 Å². The standard InChI is InChI=1S/C11H22N4O2/c1-3-4-13-10(16)7-14-11(12)15-5-6-17-9(2)8-15/h9H,3-8H2,1-2H3,(H2,12,14)(H,13,16). The van der Waals surface area contributed by atoms with Gasteiger partial charge in [-0.15, -0.1) is 0 Å². The van der Waals surface area contributed by atoms with Crippen molar-refractivity contribution in [3.63, 3.8) is 0 Å². The van der Waals surface area contributed by atoms with Crippen LogP contribution >= 0.6 is 0 Å². The summed E-state index contributed by atoms with van der Waals surface area (Å²) in [4.78, 5) is 17.4. The zero-order chi connectivity index (χ0) is 12.7.